The van der Waals surface area contributed by atoms with Crippen LogP contribution in [0.2, 0.25) is 0 Å². The Morgan fingerprint density at radius 2 is 1.76 bits per heavy atom. The Morgan fingerprint density at radius 1 is 1.03 bits per heavy atom. The van der Waals surface area contributed by atoms with Crippen LogP contribution in [0.15, 0.2) is 59.5 Å². The van der Waals surface area contributed by atoms with Crippen molar-refractivity contribution in [2.75, 3.05) is 11.1 Å². The van der Waals surface area contributed by atoms with Crippen molar-refractivity contribution in [3.63, 3.8) is 0 Å². The van der Waals surface area contributed by atoms with Crippen molar-refractivity contribution in [1.29, 1.82) is 0 Å². The molecule has 0 atom stereocenters. The lowest BCUT2D eigenvalue weighted by Crippen LogP contribution is -2.20. The van der Waals surface area contributed by atoms with Crippen LogP contribution in [0, 0.1) is 0 Å². The van der Waals surface area contributed by atoms with Gasteiger partial charge >= 0.3 is 5.97 Å². The van der Waals surface area contributed by atoms with Gasteiger partial charge in [0.05, 0.1) is 17.9 Å². The van der Waals surface area contributed by atoms with Crippen LogP contribution < -0.4 is 5.32 Å². The Kier molecular flexibility index (Phi) is 5.02. The van der Waals surface area contributed by atoms with E-state index in [4.69, 9.17) is 5.11 Å². The van der Waals surface area contributed by atoms with E-state index in [2.05, 4.69) is 15.3 Å². The molecular formula is C21H19N3O4S. The smallest absolute Gasteiger partial charge is 0.307 e. The molecule has 3 aromatic rings. The summed E-state index contributed by atoms with van der Waals surface area (Å²) < 4.78 is 25.4. The third-order valence-corrected chi connectivity index (χ3v) is 6.55. The number of nitrogens with zero attached hydrogens (tertiary/aromatic N) is 2. The molecule has 2 heterocycles. The molecule has 4 rings (SSSR count). The number of rotatable bonds is 5. The van der Waals surface area contributed by atoms with E-state index >= 15 is 0 Å². The van der Waals surface area contributed by atoms with Crippen LogP contribution in [-0.2, 0) is 27.5 Å². The number of hydrogen-bond donors (Lipinski definition) is 2. The van der Waals surface area contributed by atoms with E-state index in [1.165, 1.54) is 0 Å². The maximum atomic E-state index is 12.7. The Balaban J connectivity index is 1.77. The number of nitrogens with one attached hydrogen (secondary N) is 1. The van der Waals surface area contributed by atoms with Crippen LogP contribution in [0.25, 0.3) is 11.4 Å². The van der Waals surface area contributed by atoms with Crippen molar-refractivity contribution < 1.29 is 18.3 Å². The molecule has 8 heteroatoms. The molecule has 0 aliphatic carbocycles. The average Bonchev–Trinajstić information content (AvgIpc) is 2.69. The first-order chi connectivity index (χ1) is 13.9. The van der Waals surface area contributed by atoms with Gasteiger partial charge in [0.2, 0.25) is 0 Å². The highest BCUT2D eigenvalue weighted by Gasteiger charge is 2.30. The number of carboxylic acid groups (broad SMARTS) is 1. The number of sulfone groups is 1. The number of benzene rings is 2. The van der Waals surface area contributed by atoms with Crippen molar-refractivity contribution in [2.24, 2.45) is 0 Å². The number of aromatic nitrogens is 2. The first-order valence-electron chi connectivity index (χ1n) is 9.19. The van der Waals surface area contributed by atoms with Gasteiger partial charge in [-0.25, -0.2) is 18.4 Å². The topological polar surface area (TPSA) is 109 Å². The second-order valence-corrected chi connectivity index (χ2v) is 8.90. The summed E-state index contributed by atoms with van der Waals surface area (Å²) in [6.45, 7) is 0. The van der Waals surface area contributed by atoms with E-state index in [1.807, 2.05) is 30.3 Å². The third kappa shape index (κ3) is 4.12. The summed E-state index contributed by atoms with van der Waals surface area (Å²) in [5.41, 5.74) is 2.61. The summed E-state index contributed by atoms with van der Waals surface area (Å²) in [5, 5.41) is 12.0. The molecule has 7 nitrogen and oxygen atoms in total. The number of carboxylic acids is 1. The predicted octanol–water partition coefficient (Wildman–Crippen LogP) is 3.23. The van der Waals surface area contributed by atoms with Gasteiger partial charge in [0, 0.05) is 11.3 Å². The molecule has 0 amide bonds. The van der Waals surface area contributed by atoms with Crippen LogP contribution in [0.3, 0.4) is 0 Å². The normalized spacial score (nSPS) is 14.8. The van der Waals surface area contributed by atoms with E-state index < -0.39 is 15.8 Å². The molecule has 0 radical (unpaired) electrons. The SMILES string of the molecule is O=C(O)Cc1ccc(Nc2nc(-c3ccccc3)nc3c2S(=O)(=O)CCC3)cc1. The highest BCUT2D eigenvalue weighted by Crippen LogP contribution is 2.33. The molecule has 2 N–H and O–H groups in total. The largest absolute Gasteiger partial charge is 0.481 e. The zero-order valence-electron chi connectivity index (χ0n) is 15.5. The molecule has 1 aliphatic rings. The standard InChI is InChI=1S/C21H19N3O4S/c25-18(26)13-14-8-10-16(11-9-14)22-21-19-17(7-4-12-29(19,27)28)23-20(24-21)15-5-2-1-3-6-15/h1-3,5-6,8-11H,4,7,12-13H2,(H,25,26)(H,22,23,24). The number of hydrogen-bond acceptors (Lipinski definition) is 6. The van der Waals surface area contributed by atoms with Gasteiger partial charge in [-0.15, -0.1) is 0 Å². The number of carbonyl (C=O) groups is 1. The van der Waals surface area contributed by atoms with Crippen LogP contribution in [0.4, 0.5) is 11.5 Å². The second-order valence-electron chi connectivity index (χ2n) is 6.85. The molecule has 148 valence electrons. The Labute approximate surface area is 168 Å². The summed E-state index contributed by atoms with van der Waals surface area (Å²) in [7, 11) is -3.48. The van der Waals surface area contributed by atoms with Gasteiger partial charge < -0.3 is 10.4 Å². The van der Waals surface area contributed by atoms with Gasteiger partial charge in [-0.2, -0.15) is 0 Å². The zero-order chi connectivity index (χ0) is 20.4. The van der Waals surface area contributed by atoms with Gasteiger partial charge in [-0.3, -0.25) is 4.79 Å². The van der Waals surface area contributed by atoms with Gasteiger partial charge in [0.15, 0.2) is 21.5 Å². The van der Waals surface area contributed by atoms with Crippen LogP contribution in [0.1, 0.15) is 17.7 Å². The summed E-state index contributed by atoms with van der Waals surface area (Å²) >= 11 is 0. The lowest BCUT2D eigenvalue weighted by atomic mass is 10.1. The molecule has 1 aliphatic heterocycles. The Morgan fingerprint density at radius 3 is 2.45 bits per heavy atom. The Hall–Kier alpha value is -3.26. The molecule has 29 heavy (non-hydrogen) atoms. The Bertz CT molecular complexity index is 1160. The summed E-state index contributed by atoms with van der Waals surface area (Å²) in [5.74, 6) is -0.125. The van der Waals surface area contributed by atoms with Crippen molar-refractivity contribution >= 4 is 27.3 Å². The maximum Gasteiger partial charge on any atom is 0.307 e. The van der Waals surface area contributed by atoms with E-state index in [0.29, 0.717) is 35.6 Å². The fourth-order valence-corrected chi connectivity index (χ4v) is 4.97. The fourth-order valence-electron chi connectivity index (χ4n) is 3.34. The van der Waals surface area contributed by atoms with Crippen LogP contribution >= 0.6 is 0 Å². The highest BCUT2D eigenvalue weighted by molar-refractivity contribution is 7.91. The minimum Gasteiger partial charge on any atom is -0.481 e. The lowest BCUT2D eigenvalue weighted by molar-refractivity contribution is -0.136. The predicted molar refractivity (Wildman–Crippen MR) is 109 cm³/mol. The summed E-state index contributed by atoms with van der Waals surface area (Å²) in [6, 6.07) is 16.2. The number of aryl methyl sites for hydroxylation is 1. The second kappa shape index (κ2) is 7.63. The molecule has 0 unspecified atom stereocenters. The highest BCUT2D eigenvalue weighted by atomic mass is 32.2. The summed E-state index contributed by atoms with van der Waals surface area (Å²) in [4.78, 5) is 20.1. The maximum absolute atomic E-state index is 12.7. The number of anilines is 2. The molecular weight excluding hydrogens is 390 g/mol. The zero-order valence-corrected chi connectivity index (χ0v) is 16.3. The van der Waals surface area contributed by atoms with E-state index in [1.54, 1.807) is 24.3 Å². The summed E-state index contributed by atoms with van der Waals surface area (Å²) in [6.07, 6.45) is 1.03. The molecule has 0 saturated heterocycles. The van der Waals surface area contributed by atoms with E-state index in [9.17, 15) is 13.2 Å². The van der Waals surface area contributed by atoms with E-state index in [-0.39, 0.29) is 22.9 Å². The first-order valence-corrected chi connectivity index (χ1v) is 10.8. The first kappa shape index (κ1) is 19.1. The molecule has 1 aromatic heterocycles. The fraction of sp³-hybridized carbons (Fsp3) is 0.190. The van der Waals surface area contributed by atoms with Crippen molar-refractivity contribution in [1.82, 2.24) is 9.97 Å². The van der Waals surface area contributed by atoms with Gasteiger partial charge in [0.1, 0.15) is 4.90 Å². The third-order valence-electron chi connectivity index (χ3n) is 4.68. The monoisotopic (exact) mass is 409 g/mol. The van der Waals surface area contributed by atoms with Gasteiger partial charge in [-0.05, 0) is 30.5 Å². The molecule has 0 spiro atoms. The minimum absolute atomic E-state index is 0.0697. The quantitative estimate of drug-likeness (QED) is 0.666. The number of aliphatic carboxylic acids is 1. The van der Waals surface area contributed by atoms with Crippen molar-refractivity contribution in [3.8, 4) is 11.4 Å². The van der Waals surface area contributed by atoms with Gasteiger partial charge in [-0.1, -0.05) is 42.5 Å². The average molecular weight is 409 g/mol. The lowest BCUT2D eigenvalue weighted by Gasteiger charge is -2.20. The number of fused-ring (bicyclic) bond motifs is 1. The molecule has 2 aromatic carbocycles. The van der Waals surface area contributed by atoms with Crippen LogP contribution in [0.5, 0.6) is 0 Å². The molecule has 0 bridgehead atoms. The van der Waals surface area contributed by atoms with Crippen LogP contribution in [-0.4, -0.2) is 35.2 Å². The molecule has 0 fully saturated rings. The minimum atomic E-state index is -3.48. The van der Waals surface area contributed by atoms with E-state index in [0.717, 1.165) is 5.56 Å². The molecule has 0 saturated carbocycles. The van der Waals surface area contributed by atoms with Gasteiger partial charge in [0.25, 0.3) is 0 Å². The van der Waals surface area contributed by atoms with Crippen molar-refractivity contribution in [3.05, 3.63) is 65.9 Å². The van der Waals surface area contributed by atoms with Crippen molar-refractivity contribution in [2.45, 2.75) is 24.2 Å².